The highest BCUT2D eigenvalue weighted by Gasteiger charge is 2.50. The number of hydrogen-bond acceptors (Lipinski definition) is 4. The Morgan fingerprint density at radius 2 is 1.78 bits per heavy atom. The minimum Gasteiger partial charge on any atom is -0.290 e. The van der Waals surface area contributed by atoms with Gasteiger partial charge in [-0.3, -0.25) is 9.36 Å². The van der Waals surface area contributed by atoms with Crippen LogP contribution in [0.3, 0.4) is 0 Å². The third-order valence-corrected chi connectivity index (χ3v) is 10.4. The largest absolute Gasteiger partial charge is 0.290 e. The van der Waals surface area contributed by atoms with Crippen LogP contribution < -0.4 is 5.56 Å². The van der Waals surface area contributed by atoms with Crippen LogP contribution in [0.5, 0.6) is 0 Å². The number of thioether (sulfide) groups is 1. The van der Waals surface area contributed by atoms with Crippen LogP contribution in [0.25, 0.3) is 10.2 Å². The lowest BCUT2D eigenvalue weighted by Gasteiger charge is -2.56. The van der Waals surface area contributed by atoms with Gasteiger partial charge in [-0.25, -0.2) is 4.98 Å². The molecule has 0 spiro atoms. The number of rotatable bonds is 3. The van der Waals surface area contributed by atoms with E-state index in [0.29, 0.717) is 5.41 Å². The van der Waals surface area contributed by atoms with Crippen molar-refractivity contribution in [2.24, 2.45) is 30.2 Å². The van der Waals surface area contributed by atoms with Crippen LogP contribution in [0, 0.1) is 23.2 Å². The molecule has 0 aromatic carbocycles. The second kappa shape index (κ2) is 6.09. The number of thiophene rings is 1. The summed E-state index contributed by atoms with van der Waals surface area (Å²) in [5.41, 5.74) is 2.03. The number of fused-ring (bicyclic) bond motifs is 3. The quantitative estimate of drug-likeness (QED) is 0.526. The summed E-state index contributed by atoms with van der Waals surface area (Å²) in [5, 5.41) is 1.87. The van der Waals surface area contributed by atoms with Gasteiger partial charge in [0.15, 0.2) is 5.16 Å². The summed E-state index contributed by atoms with van der Waals surface area (Å²) in [6.07, 6.45) is 13.4. The summed E-state index contributed by atoms with van der Waals surface area (Å²) >= 11 is 3.65. The molecule has 0 aliphatic heterocycles. The molecule has 4 fully saturated rings. The maximum absolute atomic E-state index is 13.1. The van der Waals surface area contributed by atoms with Gasteiger partial charge in [0.05, 0.1) is 5.39 Å². The summed E-state index contributed by atoms with van der Waals surface area (Å²) in [6, 6.07) is 0. The van der Waals surface area contributed by atoms with E-state index in [1.807, 2.05) is 23.4 Å². The van der Waals surface area contributed by atoms with Crippen molar-refractivity contribution in [2.75, 3.05) is 5.75 Å². The lowest BCUT2D eigenvalue weighted by atomic mass is 9.50. The molecule has 0 N–H and O–H groups in total. The van der Waals surface area contributed by atoms with Crippen molar-refractivity contribution in [1.82, 2.24) is 9.55 Å². The lowest BCUT2D eigenvalue weighted by Crippen LogP contribution is -2.47. The predicted octanol–water partition coefficient (Wildman–Crippen LogP) is 5.18. The van der Waals surface area contributed by atoms with E-state index in [1.165, 1.54) is 61.8 Å². The molecule has 4 saturated carbocycles. The molecule has 2 heterocycles. The molecule has 2 aromatic heterocycles. The Labute approximate surface area is 169 Å². The maximum Gasteiger partial charge on any atom is 0.262 e. The fourth-order valence-electron chi connectivity index (χ4n) is 7.08. The smallest absolute Gasteiger partial charge is 0.262 e. The van der Waals surface area contributed by atoms with Gasteiger partial charge >= 0.3 is 0 Å². The Bertz CT molecular complexity index is 938. The summed E-state index contributed by atoms with van der Waals surface area (Å²) < 4.78 is 1.84. The minimum atomic E-state index is 0.187. The van der Waals surface area contributed by atoms with Crippen LogP contribution in [0.4, 0.5) is 0 Å². The first kappa shape index (κ1) is 17.1. The van der Waals surface area contributed by atoms with Crippen LogP contribution in [-0.4, -0.2) is 15.3 Å². The molecule has 5 heteroatoms. The summed E-state index contributed by atoms with van der Waals surface area (Å²) in [6.45, 7) is 0. The first-order valence-corrected chi connectivity index (χ1v) is 12.5. The topological polar surface area (TPSA) is 34.9 Å². The highest BCUT2D eigenvalue weighted by molar-refractivity contribution is 7.99. The molecule has 7 rings (SSSR count). The molecular formula is C22H28N2OS2. The van der Waals surface area contributed by atoms with E-state index in [1.54, 1.807) is 11.3 Å². The molecule has 5 aliphatic carbocycles. The second-order valence-corrected chi connectivity index (χ2v) is 11.9. The molecule has 3 nitrogen and oxygen atoms in total. The maximum atomic E-state index is 13.1. The van der Waals surface area contributed by atoms with Crippen LogP contribution in [0.2, 0.25) is 0 Å². The zero-order valence-corrected chi connectivity index (χ0v) is 17.8. The molecule has 144 valence electrons. The molecule has 0 radical (unpaired) electrons. The Morgan fingerprint density at radius 1 is 1.11 bits per heavy atom. The average molecular weight is 401 g/mol. The standard InChI is InChI=1S/C22H28N2OS2/c1-24-20(25)18-16-4-2-3-5-17(16)27-19(18)23-21(24)26-12-22-9-13-6-14(10-22)8-15(7-13)11-22/h13-15H,2-12H2,1H3. The highest BCUT2D eigenvalue weighted by Crippen LogP contribution is 2.61. The van der Waals surface area contributed by atoms with E-state index in [-0.39, 0.29) is 5.56 Å². The van der Waals surface area contributed by atoms with Crippen LogP contribution in [0.15, 0.2) is 9.95 Å². The zero-order valence-electron chi connectivity index (χ0n) is 16.1. The number of nitrogens with zero attached hydrogens (tertiary/aromatic N) is 2. The molecular weight excluding hydrogens is 372 g/mol. The fourth-order valence-corrected chi connectivity index (χ4v) is 9.61. The van der Waals surface area contributed by atoms with Crippen molar-refractivity contribution in [3.63, 3.8) is 0 Å². The molecule has 0 amide bonds. The van der Waals surface area contributed by atoms with Gasteiger partial charge in [-0.15, -0.1) is 11.3 Å². The van der Waals surface area contributed by atoms with Gasteiger partial charge in [-0.2, -0.15) is 0 Å². The molecule has 2 aromatic rings. The molecule has 0 atom stereocenters. The van der Waals surface area contributed by atoms with Gasteiger partial charge in [-0.05, 0) is 92.9 Å². The van der Waals surface area contributed by atoms with Crippen molar-refractivity contribution in [2.45, 2.75) is 69.4 Å². The van der Waals surface area contributed by atoms with E-state index in [0.717, 1.165) is 51.7 Å². The Morgan fingerprint density at radius 3 is 2.48 bits per heavy atom. The molecule has 5 aliphatic rings. The van der Waals surface area contributed by atoms with E-state index >= 15 is 0 Å². The van der Waals surface area contributed by atoms with Crippen molar-refractivity contribution in [3.05, 3.63) is 20.8 Å². The van der Waals surface area contributed by atoms with E-state index in [4.69, 9.17) is 4.98 Å². The van der Waals surface area contributed by atoms with Gasteiger partial charge in [0.1, 0.15) is 4.83 Å². The minimum absolute atomic E-state index is 0.187. The Balaban J connectivity index is 1.32. The van der Waals surface area contributed by atoms with Gasteiger partial charge in [0.2, 0.25) is 0 Å². The highest BCUT2D eigenvalue weighted by atomic mass is 32.2. The first-order chi connectivity index (χ1) is 13.1. The van der Waals surface area contributed by atoms with Crippen LogP contribution in [-0.2, 0) is 19.9 Å². The van der Waals surface area contributed by atoms with Crippen LogP contribution >= 0.6 is 23.1 Å². The second-order valence-electron chi connectivity index (χ2n) is 9.86. The van der Waals surface area contributed by atoms with Crippen molar-refractivity contribution in [1.29, 1.82) is 0 Å². The Kier molecular flexibility index (Phi) is 3.85. The monoisotopic (exact) mass is 400 g/mol. The predicted molar refractivity (Wildman–Crippen MR) is 113 cm³/mol. The molecule has 0 saturated heterocycles. The lowest BCUT2D eigenvalue weighted by molar-refractivity contribution is -0.0381. The Hall–Kier alpha value is -0.810. The van der Waals surface area contributed by atoms with Crippen molar-refractivity contribution >= 4 is 33.3 Å². The van der Waals surface area contributed by atoms with Gasteiger partial charge < -0.3 is 0 Å². The van der Waals surface area contributed by atoms with Gasteiger partial charge in [0, 0.05) is 17.7 Å². The van der Waals surface area contributed by atoms with Crippen molar-refractivity contribution < 1.29 is 0 Å². The molecule has 27 heavy (non-hydrogen) atoms. The third-order valence-electron chi connectivity index (χ3n) is 7.83. The molecule has 0 unspecified atom stereocenters. The fraction of sp³-hybridized carbons (Fsp3) is 0.727. The summed E-state index contributed by atoms with van der Waals surface area (Å²) in [5.74, 6) is 4.12. The van der Waals surface area contributed by atoms with Crippen molar-refractivity contribution in [3.8, 4) is 0 Å². The van der Waals surface area contributed by atoms with E-state index < -0.39 is 0 Å². The number of aromatic nitrogens is 2. The van der Waals surface area contributed by atoms with Gasteiger partial charge in [0.25, 0.3) is 5.56 Å². The number of hydrogen-bond donors (Lipinski definition) is 0. The SMILES string of the molecule is Cn1c(SCC23CC4CC(CC(C4)C2)C3)nc2sc3c(c2c1=O)CCCC3. The van der Waals surface area contributed by atoms with Crippen LogP contribution in [0.1, 0.15) is 61.8 Å². The van der Waals surface area contributed by atoms with Gasteiger partial charge in [-0.1, -0.05) is 11.8 Å². The summed E-state index contributed by atoms with van der Waals surface area (Å²) in [4.78, 5) is 20.5. The van der Waals surface area contributed by atoms with E-state index in [2.05, 4.69) is 0 Å². The zero-order chi connectivity index (χ0) is 18.2. The molecule has 4 bridgehead atoms. The third kappa shape index (κ3) is 2.67. The normalized spacial score (nSPS) is 34.3. The number of aryl methyl sites for hydroxylation is 2. The first-order valence-electron chi connectivity index (χ1n) is 10.7. The summed E-state index contributed by atoms with van der Waals surface area (Å²) in [7, 11) is 1.93. The average Bonchev–Trinajstić information content (AvgIpc) is 3.01. The van der Waals surface area contributed by atoms with E-state index in [9.17, 15) is 4.79 Å².